The minimum Gasteiger partial charge on any atom is -0.382 e. The third-order valence-corrected chi connectivity index (χ3v) is 6.58. The van der Waals surface area contributed by atoms with Crippen molar-refractivity contribution < 1.29 is 17.9 Å². The van der Waals surface area contributed by atoms with Gasteiger partial charge in [0.2, 0.25) is 15.9 Å². The van der Waals surface area contributed by atoms with E-state index in [1.54, 1.807) is 19.1 Å². The molecule has 1 atom stereocenters. The van der Waals surface area contributed by atoms with Gasteiger partial charge < -0.3 is 10.5 Å². The molecule has 1 aliphatic heterocycles. The van der Waals surface area contributed by atoms with Crippen molar-refractivity contribution in [2.75, 3.05) is 20.3 Å². The average molecular weight is 347 g/mol. The maximum atomic E-state index is 13.0. The molecule has 22 heavy (non-hydrogen) atoms. The maximum absolute atomic E-state index is 13.0. The van der Waals surface area contributed by atoms with Crippen LogP contribution >= 0.6 is 11.6 Å². The van der Waals surface area contributed by atoms with Crippen molar-refractivity contribution in [1.82, 2.24) is 4.31 Å². The molecule has 1 saturated heterocycles. The zero-order valence-electron chi connectivity index (χ0n) is 12.5. The van der Waals surface area contributed by atoms with Gasteiger partial charge in [0.05, 0.1) is 11.5 Å². The number of hydrogen-bond acceptors (Lipinski definition) is 4. The number of methoxy groups -OCH3 is 1. The highest BCUT2D eigenvalue weighted by Gasteiger charge is 2.52. The normalized spacial score (nSPS) is 22.9. The van der Waals surface area contributed by atoms with Crippen LogP contribution in [0, 0.1) is 6.92 Å². The molecule has 2 N–H and O–H groups in total. The number of sulfonamides is 1. The van der Waals surface area contributed by atoms with Crippen molar-refractivity contribution >= 4 is 27.5 Å². The predicted molar refractivity (Wildman–Crippen MR) is 83.1 cm³/mol. The highest BCUT2D eigenvalue weighted by Crippen LogP contribution is 2.36. The highest BCUT2D eigenvalue weighted by atomic mass is 35.5. The van der Waals surface area contributed by atoms with Gasteiger partial charge in [0.1, 0.15) is 5.54 Å². The molecule has 1 fully saturated rings. The van der Waals surface area contributed by atoms with E-state index in [-0.39, 0.29) is 18.0 Å². The lowest BCUT2D eigenvalue weighted by Gasteiger charge is -2.34. The van der Waals surface area contributed by atoms with E-state index in [1.807, 2.05) is 0 Å². The van der Waals surface area contributed by atoms with E-state index >= 15 is 0 Å². The van der Waals surface area contributed by atoms with Gasteiger partial charge in [-0.05, 0) is 37.5 Å². The van der Waals surface area contributed by atoms with Gasteiger partial charge in [-0.1, -0.05) is 17.7 Å². The molecule has 6 nitrogen and oxygen atoms in total. The van der Waals surface area contributed by atoms with Gasteiger partial charge in [-0.15, -0.1) is 0 Å². The Morgan fingerprint density at radius 2 is 2.18 bits per heavy atom. The summed E-state index contributed by atoms with van der Waals surface area (Å²) < 4.78 is 32.2. The molecule has 1 aromatic rings. The quantitative estimate of drug-likeness (QED) is 0.870. The Balaban J connectivity index is 2.57. The fourth-order valence-electron chi connectivity index (χ4n) is 2.89. The Bertz CT molecular complexity index is 692. The topological polar surface area (TPSA) is 89.7 Å². The number of ether oxygens (including phenoxy) is 1. The summed E-state index contributed by atoms with van der Waals surface area (Å²) in [5.41, 5.74) is 4.61. The molecule has 0 spiro atoms. The predicted octanol–water partition coefficient (Wildman–Crippen LogP) is 1.30. The molecule has 0 aromatic heterocycles. The smallest absolute Gasteiger partial charge is 0.244 e. The maximum Gasteiger partial charge on any atom is 0.244 e. The van der Waals surface area contributed by atoms with Crippen LogP contribution in [0.5, 0.6) is 0 Å². The molecule has 0 saturated carbocycles. The number of carbonyl (C=O) groups is 1. The van der Waals surface area contributed by atoms with Gasteiger partial charge >= 0.3 is 0 Å². The van der Waals surface area contributed by atoms with E-state index in [0.717, 1.165) is 4.31 Å². The van der Waals surface area contributed by atoms with Crippen LogP contribution < -0.4 is 5.73 Å². The van der Waals surface area contributed by atoms with Crippen molar-refractivity contribution in [2.24, 2.45) is 5.73 Å². The summed E-state index contributed by atoms with van der Waals surface area (Å²) in [7, 11) is -2.48. The molecule has 122 valence electrons. The Hall–Kier alpha value is -1.15. The van der Waals surface area contributed by atoms with Crippen LogP contribution in [0.15, 0.2) is 23.1 Å². The molecule has 0 radical (unpaired) electrons. The van der Waals surface area contributed by atoms with Gasteiger partial charge in [-0.3, -0.25) is 4.79 Å². The van der Waals surface area contributed by atoms with Crippen LogP contribution in [0.2, 0.25) is 5.02 Å². The first-order valence-electron chi connectivity index (χ1n) is 6.84. The molecular formula is C14H19ClN2O4S. The summed E-state index contributed by atoms with van der Waals surface area (Å²) in [5, 5.41) is 0.358. The van der Waals surface area contributed by atoms with E-state index < -0.39 is 21.5 Å². The fraction of sp³-hybridized carbons (Fsp3) is 0.500. The number of primary amides is 1. The highest BCUT2D eigenvalue weighted by molar-refractivity contribution is 7.89. The zero-order valence-corrected chi connectivity index (χ0v) is 14.1. The van der Waals surface area contributed by atoms with E-state index in [4.69, 9.17) is 22.1 Å². The van der Waals surface area contributed by atoms with Crippen molar-refractivity contribution in [3.63, 3.8) is 0 Å². The van der Waals surface area contributed by atoms with Gasteiger partial charge in [0.25, 0.3) is 0 Å². The standard InChI is InChI=1S/C14H19ClN2O4S/c1-10-11(15)5-3-6-12(10)22(19,20)17-8-4-7-14(17,9-21-2)13(16)18/h3,5-6H,4,7-9H2,1-2H3,(H2,16,18). The van der Waals surface area contributed by atoms with Crippen molar-refractivity contribution in [2.45, 2.75) is 30.2 Å². The molecule has 1 amide bonds. The third kappa shape index (κ3) is 2.62. The molecule has 1 heterocycles. The largest absolute Gasteiger partial charge is 0.382 e. The number of rotatable bonds is 5. The first kappa shape index (κ1) is 17.2. The Morgan fingerprint density at radius 1 is 1.50 bits per heavy atom. The fourth-order valence-corrected chi connectivity index (χ4v) is 5.17. The minimum atomic E-state index is -3.90. The van der Waals surface area contributed by atoms with Crippen molar-refractivity contribution in [1.29, 1.82) is 0 Å². The van der Waals surface area contributed by atoms with Gasteiger partial charge in [0, 0.05) is 18.7 Å². The number of amides is 1. The lowest BCUT2D eigenvalue weighted by Crippen LogP contribution is -2.58. The molecule has 1 unspecified atom stereocenters. The number of carbonyl (C=O) groups excluding carboxylic acids is 1. The van der Waals surface area contributed by atoms with Crippen molar-refractivity contribution in [3.8, 4) is 0 Å². The number of nitrogens with two attached hydrogens (primary N) is 1. The van der Waals surface area contributed by atoms with Crippen LogP contribution in [0.25, 0.3) is 0 Å². The number of nitrogens with zero attached hydrogens (tertiary/aromatic N) is 1. The van der Waals surface area contributed by atoms with Crippen LogP contribution in [0.1, 0.15) is 18.4 Å². The van der Waals surface area contributed by atoms with E-state index in [1.165, 1.54) is 13.2 Å². The SMILES string of the molecule is COCC1(C(N)=O)CCCN1S(=O)(=O)c1cccc(Cl)c1C. The minimum absolute atomic E-state index is 0.0683. The molecule has 1 aliphatic rings. The Morgan fingerprint density at radius 3 is 2.77 bits per heavy atom. The van der Waals surface area contributed by atoms with E-state index in [9.17, 15) is 13.2 Å². The zero-order chi connectivity index (χ0) is 16.5. The lowest BCUT2D eigenvalue weighted by atomic mass is 9.98. The molecule has 1 aromatic carbocycles. The Kier molecular flexibility index (Phi) is 4.81. The first-order valence-corrected chi connectivity index (χ1v) is 8.66. The summed E-state index contributed by atoms with van der Waals surface area (Å²) in [6.07, 6.45) is 0.889. The number of halogens is 1. The van der Waals surface area contributed by atoms with Gasteiger partial charge in [-0.25, -0.2) is 8.42 Å². The second kappa shape index (κ2) is 6.16. The molecule has 8 heteroatoms. The third-order valence-electron chi connectivity index (χ3n) is 4.06. The molecule has 2 rings (SSSR count). The summed E-state index contributed by atoms with van der Waals surface area (Å²) in [6, 6.07) is 4.67. The van der Waals surface area contributed by atoms with Crippen molar-refractivity contribution in [3.05, 3.63) is 28.8 Å². The molecular weight excluding hydrogens is 328 g/mol. The van der Waals surface area contributed by atoms with E-state index in [0.29, 0.717) is 23.4 Å². The van der Waals surface area contributed by atoms with Crippen LogP contribution in [-0.4, -0.2) is 44.4 Å². The summed E-state index contributed by atoms with van der Waals surface area (Å²) in [4.78, 5) is 12.1. The van der Waals surface area contributed by atoms with Gasteiger partial charge in [-0.2, -0.15) is 4.31 Å². The molecule has 0 aliphatic carbocycles. The monoisotopic (exact) mass is 346 g/mol. The Labute approximate surface area is 135 Å². The van der Waals surface area contributed by atoms with Crippen LogP contribution in [0.3, 0.4) is 0 Å². The van der Waals surface area contributed by atoms with Crippen LogP contribution in [0.4, 0.5) is 0 Å². The van der Waals surface area contributed by atoms with Crippen LogP contribution in [-0.2, 0) is 19.6 Å². The number of hydrogen-bond donors (Lipinski definition) is 1. The number of benzene rings is 1. The van der Waals surface area contributed by atoms with E-state index in [2.05, 4.69) is 0 Å². The summed E-state index contributed by atoms with van der Waals surface area (Å²) >= 11 is 6.02. The summed E-state index contributed by atoms with van der Waals surface area (Å²) in [5.74, 6) is -0.699. The lowest BCUT2D eigenvalue weighted by molar-refractivity contribution is -0.128. The summed E-state index contributed by atoms with van der Waals surface area (Å²) in [6.45, 7) is 1.79. The second-order valence-corrected chi connectivity index (χ2v) is 7.61. The second-order valence-electron chi connectivity index (χ2n) is 5.37. The molecule has 0 bridgehead atoms. The van der Waals surface area contributed by atoms with Gasteiger partial charge in [0.15, 0.2) is 0 Å². The average Bonchev–Trinajstić information content (AvgIpc) is 2.88. The first-order chi connectivity index (χ1) is 10.3.